The predicted octanol–water partition coefficient (Wildman–Crippen LogP) is 3.01. The van der Waals surface area contributed by atoms with E-state index < -0.39 is 53.3 Å². The smallest absolute Gasteiger partial charge is 0.408 e. The molecule has 0 aliphatic carbocycles. The lowest BCUT2D eigenvalue weighted by Crippen LogP contribution is -2.58. The Labute approximate surface area is 198 Å². The largest absolute Gasteiger partial charge is 0.459 e. The molecule has 9 nitrogen and oxygen atoms in total. The van der Waals surface area contributed by atoms with Gasteiger partial charge in [-0.25, -0.2) is 4.79 Å². The van der Waals surface area contributed by atoms with Crippen LogP contribution >= 0.6 is 0 Å². The summed E-state index contributed by atoms with van der Waals surface area (Å²) in [5, 5.41) is 5.82. The highest BCUT2D eigenvalue weighted by Crippen LogP contribution is 2.28. The van der Waals surface area contributed by atoms with Gasteiger partial charge in [-0.2, -0.15) is 0 Å². The number of likely N-dealkylation sites (tertiary alicyclic amines) is 1. The topological polar surface area (TPSA) is 114 Å². The van der Waals surface area contributed by atoms with E-state index in [9.17, 15) is 19.2 Å². The van der Waals surface area contributed by atoms with Crippen molar-refractivity contribution in [3.05, 3.63) is 0 Å². The molecule has 0 aromatic rings. The summed E-state index contributed by atoms with van der Waals surface area (Å²) >= 11 is 0. The van der Waals surface area contributed by atoms with E-state index in [1.54, 1.807) is 62.3 Å². The maximum absolute atomic E-state index is 13.5. The molecule has 190 valence electrons. The summed E-state index contributed by atoms with van der Waals surface area (Å²) in [6, 6.07) is -2.47. The summed E-state index contributed by atoms with van der Waals surface area (Å²) in [5.74, 6) is -1.58. The molecule has 9 heteroatoms. The third-order valence-corrected chi connectivity index (χ3v) is 5.12. The molecule has 3 amide bonds. The second kappa shape index (κ2) is 10.8. The molecule has 0 radical (unpaired) electrons. The monoisotopic (exact) mass is 469 g/mol. The average molecular weight is 470 g/mol. The molecule has 0 unspecified atom stereocenters. The van der Waals surface area contributed by atoms with Crippen molar-refractivity contribution in [3.8, 4) is 0 Å². The zero-order valence-corrected chi connectivity index (χ0v) is 22.1. The number of carbonyl (C=O) groups excluding carboxylic acids is 4. The molecule has 0 spiro atoms. The number of imide groups is 1. The number of ether oxygens (including phenoxy) is 2. The zero-order valence-electron chi connectivity index (χ0n) is 22.1. The van der Waals surface area contributed by atoms with Gasteiger partial charge in [-0.15, -0.1) is 0 Å². The van der Waals surface area contributed by atoms with E-state index >= 15 is 0 Å². The van der Waals surface area contributed by atoms with Crippen LogP contribution in [0.3, 0.4) is 0 Å². The van der Waals surface area contributed by atoms with Crippen LogP contribution in [0.15, 0.2) is 0 Å². The SMILES string of the molecule is CC(C)[C@H](NC(=O)OC(C)(C)C)C(=O)N1C(=O)C[C@H](N[C@@H](C)C(=O)OC(C)(C)C)[C@@H]1C(C)C. The Bertz CT molecular complexity index is 735. The van der Waals surface area contributed by atoms with Crippen LogP contribution in [-0.4, -0.2) is 64.1 Å². The fourth-order valence-electron chi connectivity index (χ4n) is 3.82. The summed E-state index contributed by atoms with van der Waals surface area (Å²) in [6.45, 7) is 19.7. The van der Waals surface area contributed by atoms with Gasteiger partial charge in [0, 0.05) is 12.5 Å². The van der Waals surface area contributed by atoms with Crippen LogP contribution in [-0.2, 0) is 23.9 Å². The van der Waals surface area contributed by atoms with Gasteiger partial charge in [0.15, 0.2) is 0 Å². The Kier molecular flexibility index (Phi) is 9.49. The quantitative estimate of drug-likeness (QED) is 0.551. The molecule has 4 atom stereocenters. The number of esters is 1. The summed E-state index contributed by atoms with van der Waals surface area (Å²) in [7, 11) is 0. The lowest BCUT2D eigenvalue weighted by molar-refractivity contribution is -0.157. The van der Waals surface area contributed by atoms with Crippen molar-refractivity contribution in [2.75, 3.05) is 0 Å². The van der Waals surface area contributed by atoms with Crippen molar-refractivity contribution < 1.29 is 28.7 Å². The van der Waals surface area contributed by atoms with Gasteiger partial charge in [-0.05, 0) is 60.3 Å². The number of nitrogens with zero attached hydrogens (tertiary/aromatic N) is 1. The molecule has 1 aliphatic rings. The molecule has 1 heterocycles. The first-order valence-corrected chi connectivity index (χ1v) is 11.7. The third-order valence-electron chi connectivity index (χ3n) is 5.12. The number of nitrogens with one attached hydrogen (secondary N) is 2. The highest BCUT2D eigenvalue weighted by Gasteiger charge is 2.48. The number of alkyl carbamates (subject to hydrolysis) is 1. The Balaban J connectivity index is 3.07. The Morgan fingerprint density at radius 1 is 0.939 bits per heavy atom. The maximum atomic E-state index is 13.5. The van der Waals surface area contributed by atoms with Crippen LogP contribution in [0.1, 0.15) is 82.6 Å². The average Bonchev–Trinajstić information content (AvgIpc) is 2.91. The van der Waals surface area contributed by atoms with Crippen molar-refractivity contribution in [1.29, 1.82) is 0 Å². The molecular formula is C24H43N3O6. The van der Waals surface area contributed by atoms with E-state index in [1.807, 2.05) is 13.8 Å². The first kappa shape index (κ1) is 28.9. The van der Waals surface area contributed by atoms with Crippen LogP contribution in [0.5, 0.6) is 0 Å². The molecule has 2 N–H and O–H groups in total. The normalized spacial score (nSPS) is 21.2. The zero-order chi connectivity index (χ0) is 25.9. The second-order valence-corrected chi connectivity index (χ2v) is 11.4. The van der Waals surface area contributed by atoms with Gasteiger partial charge in [0.25, 0.3) is 5.91 Å². The third kappa shape index (κ3) is 8.61. The van der Waals surface area contributed by atoms with E-state index in [0.717, 1.165) is 0 Å². The van der Waals surface area contributed by atoms with Gasteiger partial charge in [-0.1, -0.05) is 27.7 Å². The summed E-state index contributed by atoms with van der Waals surface area (Å²) in [6.07, 6.45) is -0.644. The van der Waals surface area contributed by atoms with Crippen molar-refractivity contribution in [2.24, 2.45) is 11.8 Å². The molecular weight excluding hydrogens is 426 g/mol. The van der Waals surface area contributed by atoms with E-state index in [0.29, 0.717) is 0 Å². The molecule has 33 heavy (non-hydrogen) atoms. The maximum Gasteiger partial charge on any atom is 0.408 e. The molecule has 1 saturated heterocycles. The first-order chi connectivity index (χ1) is 14.8. The number of rotatable bonds is 7. The Morgan fingerprint density at radius 2 is 1.45 bits per heavy atom. The van der Waals surface area contributed by atoms with Crippen molar-refractivity contribution in [2.45, 2.75) is 118 Å². The molecule has 0 aromatic heterocycles. The van der Waals surface area contributed by atoms with Crippen LogP contribution in [0, 0.1) is 11.8 Å². The molecule has 0 aromatic carbocycles. The fourth-order valence-corrected chi connectivity index (χ4v) is 3.82. The molecule has 1 rings (SSSR count). The molecule has 0 bridgehead atoms. The predicted molar refractivity (Wildman–Crippen MR) is 125 cm³/mol. The lowest BCUT2D eigenvalue weighted by Gasteiger charge is -2.35. The minimum absolute atomic E-state index is 0.0684. The van der Waals surface area contributed by atoms with Crippen LogP contribution in [0.2, 0.25) is 0 Å². The standard InChI is InChI=1S/C24H43N3O6/c1-13(2)18(26-22(31)33-24(9,10)11)20(29)27-17(28)12-16(19(27)14(3)4)25-15(5)21(30)32-23(6,7)8/h13-16,18-19,25H,12H2,1-11H3,(H,26,31)/t15-,16-,18-,19-/m0/s1. The van der Waals surface area contributed by atoms with Crippen molar-refractivity contribution in [3.63, 3.8) is 0 Å². The summed E-state index contributed by atoms with van der Waals surface area (Å²) < 4.78 is 10.7. The van der Waals surface area contributed by atoms with Gasteiger partial charge in [-0.3, -0.25) is 24.6 Å². The minimum Gasteiger partial charge on any atom is -0.459 e. The van der Waals surface area contributed by atoms with Gasteiger partial charge >= 0.3 is 12.1 Å². The molecule has 1 aliphatic heterocycles. The number of hydrogen-bond donors (Lipinski definition) is 2. The lowest BCUT2D eigenvalue weighted by atomic mass is 9.95. The second-order valence-electron chi connectivity index (χ2n) is 11.4. The van der Waals surface area contributed by atoms with E-state index in [2.05, 4.69) is 10.6 Å². The number of amides is 3. The van der Waals surface area contributed by atoms with E-state index in [4.69, 9.17) is 9.47 Å². The van der Waals surface area contributed by atoms with E-state index in [1.165, 1.54) is 4.90 Å². The van der Waals surface area contributed by atoms with Gasteiger partial charge in [0.2, 0.25) is 5.91 Å². The van der Waals surface area contributed by atoms with Crippen molar-refractivity contribution >= 4 is 23.9 Å². The summed E-state index contributed by atoms with van der Waals surface area (Å²) in [4.78, 5) is 52.5. The van der Waals surface area contributed by atoms with Crippen LogP contribution in [0.4, 0.5) is 4.79 Å². The van der Waals surface area contributed by atoms with Crippen LogP contribution in [0.25, 0.3) is 0 Å². The Morgan fingerprint density at radius 3 is 1.88 bits per heavy atom. The number of carbonyl (C=O) groups is 4. The summed E-state index contributed by atoms with van der Waals surface area (Å²) in [5.41, 5.74) is -1.35. The highest BCUT2D eigenvalue weighted by atomic mass is 16.6. The fraction of sp³-hybridized carbons (Fsp3) is 0.833. The highest BCUT2D eigenvalue weighted by molar-refractivity contribution is 6.01. The minimum atomic E-state index is -0.924. The Hall–Kier alpha value is -2.16. The van der Waals surface area contributed by atoms with Gasteiger partial charge in [0.1, 0.15) is 23.3 Å². The molecule has 1 fully saturated rings. The first-order valence-electron chi connectivity index (χ1n) is 11.7. The van der Waals surface area contributed by atoms with Gasteiger partial charge in [0.05, 0.1) is 6.04 Å². The van der Waals surface area contributed by atoms with E-state index in [-0.39, 0.29) is 24.2 Å². The number of hydrogen-bond acceptors (Lipinski definition) is 7. The van der Waals surface area contributed by atoms with Crippen molar-refractivity contribution in [1.82, 2.24) is 15.5 Å². The van der Waals surface area contributed by atoms with Gasteiger partial charge < -0.3 is 14.8 Å². The molecule has 0 saturated carbocycles. The van der Waals surface area contributed by atoms with Crippen LogP contribution < -0.4 is 10.6 Å².